The lowest BCUT2D eigenvalue weighted by Crippen LogP contribution is -1.98. The lowest BCUT2D eigenvalue weighted by Gasteiger charge is -1.96. The summed E-state index contributed by atoms with van der Waals surface area (Å²) < 4.78 is 4.36. The normalized spacial score (nSPS) is 7.25. The summed E-state index contributed by atoms with van der Waals surface area (Å²) in [6.07, 6.45) is 1.13. The second-order valence-corrected chi connectivity index (χ2v) is 2.07. The molecule has 0 aliphatic carbocycles. The van der Waals surface area contributed by atoms with Crippen LogP contribution in [0, 0.1) is 0 Å². The fourth-order valence-electron chi connectivity index (χ4n) is 0.111. The number of hydrogen-bond acceptors (Lipinski definition) is 3. The summed E-state index contributed by atoms with van der Waals surface area (Å²) >= 11 is 0. The van der Waals surface area contributed by atoms with Gasteiger partial charge >= 0.3 is 0 Å². The maximum atomic E-state index is 9.39. The molecule has 0 aromatic rings. The minimum Gasteiger partial charge on any atom is -0.465 e. The van der Waals surface area contributed by atoms with Gasteiger partial charge in [0.2, 0.25) is 0 Å². The van der Waals surface area contributed by atoms with E-state index < -0.39 is 0 Å². The Kier molecular flexibility index (Phi) is 32.7. The van der Waals surface area contributed by atoms with Crippen LogP contribution in [-0.4, -0.2) is 19.1 Å². The van der Waals surface area contributed by atoms with Gasteiger partial charge in [-0.05, 0) is 26.8 Å². The monoisotopic (exact) mass is 177 g/mol. The Labute approximate surface area is 76.3 Å². The van der Waals surface area contributed by atoms with Crippen LogP contribution in [0.3, 0.4) is 0 Å². The number of carbonyl (C=O) groups excluding carboxylic acids is 1. The van der Waals surface area contributed by atoms with Crippen LogP contribution < -0.4 is 5.73 Å². The molecule has 0 heterocycles. The van der Waals surface area contributed by atoms with Crippen molar-refractivity contribution in [2.24, 2.45) is 5.73 Å². The molecule has 0 unspecified atom stereocenters. The average molecular weight is 177 g/mol. The Morgan fingerprint density at radius 3 is 1.75 bits per heavy atom. The first-order valence-corrected chi connectivity index (χ1v) is 4.48. The SMILES string of the molecule is CC.CC(C)OC=O.CCCN. The van der Waals surface area contributed by atoms with Gasteiger partial charge in [-0.25, -0.2) is 0 Å². The first-order chi connectivity index (χ1) is 5.68. The zero-order valence-corrected chi connectivity index (χ0v) is 8.96. The Morgan fingerprint density at radius 2 is 1.75 bits per heavy atom. The van der Waals surface area contributed by atoms with Crippen molar-refractivity contribution in [1.29, 1.82) is 0 Å². The topological polar surface area (TPSA) is 52.3 Å². The van der Waals surface area contributed by atoms with Crippen molar-refractivity contribution < 1.29 is 9.53 Å². The number of carbonyl (C=O) groups is 1. The summed E-state index contributed by atoms with van der Waals surface area (Å²) in [7, 11) is 0. The van der Waals surface area contributed by atoms with Crippen molar-refractivity contribution in [2.75, 3.05) is 6.54 Å². The van der Waals surface area contributed by atoms with Crippen molar-refractivity contribution in [3.05, 3.63) is 0 Å². The van der Waals surface area contributed by atoms with Crippen molar-refractivity contribution in [3.8, 4) is 0 Å². The molecule has 0 aromatic heterocycles. The third-order valence-electron chi connectivity index (χ3n) is 0.616. The van der Waals surface area contributed by atoms with E-state index in [0.717, 1.165) is 13.0 Å². The van der Waals surface area contributed by atoms with E-state index >= 15 is 0 Å². The van der Waals surface area contributed by atoms with Crippen LogP contribution in [-0.2, 0) is 9.53 Å². The summed E-state index contributed by atoms with van der Waals surface area (Å²) in [4.78, 5) is 9.39. The molecule has 3 heteroatoms. The van der Waals surface area contributed by atoms with Crippen LogP contribution >= 0.6 is 0 Å². The first kappa shape index (κ1) is 17.5. The van der Waals surface area contributed by atoms with Crippen LogP contribution in [0.15, 0.2) is 0 Å². The summed E-state index contributed by atoms with van der Waals surface area (Å²) in [6.45, 7) is 10.9. The highest BCUT2D eigenvalue weighted by atomic mass is 16.5. The van der Waals surface area contributed by atoms with E-state index in [0.29, 0.717) is 6.47 Å². The Balaban J connectivity index is -0.000000118. The maximum absolute atomic E-state index is 9.39. The lowest BCUT2D eigenvalue weighted by molar-refractivity contribution is -0.131. The van der Waals surface area contributed by atoms with Gasteiger partial charge in [0.15, 0.2) is 0 Å². The molecule has 0 radical (unpaired) electrons. The van der Waals surface area contributed by atoms with Crippen LogP contribution in [0.1, 0.15) is 41.0 Å². The molecule has 3 nitrogen and oxygen atoms in total. The smallest absolute Gasteiger partial charge is 0.293 e. The second kappa shape index (κ2) is 22.4. The zero-order chi connectivity index (χ0) is 10.4. The highest BCUT2D eigenvalue weighted by Crippen LogP contribution is 1.79. The van der Waals surface area contributed by atoms with E-state index in [1.165, 1.54) is 0 Å². The number of ether oxygens (including phenoxy) is 1. The fraction of sp³-hybridized carbons (Fsp3) is 0.889. The molecule has 76 valence electrons. The Morgan fingerprint density at radius 1 is 1.42 bits per heavy atom. The predicted molar refractivity (Wildman–Crippen MR) is 53.0 cm³/mol. The molecule has 0 spiro atoms. The molecular formula is C9H23NO2. The molecule has 0 saturated carbocycles. The van der Waals surface area contributed by atoms with Crippen molar-refractivity contribution in [3.63, 3.8) is 0 Å². The van der Waals surface area contributed by atoms with Gasteiger partial charge in [0, 0.05) is 0 Å². The largest absolute Gasteiger partial charge is 0.465 e. The van der Waals surface area contributed by atoms with Gasteiger partial charge in [0.25, 0.3) is 6.47 Å². The molecule has 12 heavy (non-hydrogen) atoms. The molecule has 2 N–H and O–H groups in total. The summed E-state index contributed by atoms with van der Waals surface area (Å²) in [5, 5.41) is 0. The quantitative estimate of drug-likeness (QED) is 0.670. The number of rotatable bonds is 3. The van der Waals surface area contributed by atoms with Crippen molar-refractivity contribution in [2.45, 2.75) is 47.1 Å². The van der Waals surface area contributed by atoms with Crippen molar-refractivity contribution in [1.82, 2.24) is 0 Å². The second-order valence-electron chi connectivity index (χ2n) is 2.07. The molecule has 0 atom stereocenters. The standard InChI is InChI=1S/C4H8O2.C3H9N.C2H6/c1-4(2)6-3-5;1-2-3-4;1-2/h3-4H,1-2H3;2-4H2,1H3;1-2H3. The van der Waals surface area contributed by atoms with E-state index in [1.54, 1.807) is 13.8 Å². The lowest BCUT2D eigenvalue weighted by atomic mass is 10.5. The number of hydrogen-bond donors (Lipinski definition) is 1. The van der Waals surface area contributed by atoms with Gasteiger partial charge in [0.1, 0.15) is 0 Å². The predicted octanol–water partition coefficient (Wildman–Crippen LogP) is 1.95. The van der Waals surface area contributed by atoms with E-state index in [2.05, 4.69) is 11.7 Å². The van der Waals surface area contributed by atoms with E-state index in [9.17, 15) is 4.79 Å². The van der Waals surface area contributed by atoms with Crippen LogP contribution in [0.5, 0.6) is 0 Å². The van der Waals surface area contributed by atoms with E-state index in [4.69, 9.17) is 5.73 Å². The Bertz CT molecular complexity index is 63.5. The van der Waals surface area contributed by atoms with Crippen LogP contribution in [0.25, 0.3) is 0 Å². The molecule has 0 aromatic carbocycles. The fourth-order valence-corrected chi connectivity index (χ4v) is 0.111. The van der Waals surface area contributed by atoms with E-state index in [1.807, 2.05) is 13.8 Å². The van der Waals surface area contributed by atoms with Gasteiger partial charge < -0.3 is 10.5 Å². The Hall–Kier alpha value is -0.570. The minimum atomic E-state index is 0.0301. The molecule has 0 bridgehead atoms. The number of nitrogens with two attached hydrogens (primary N) is 1. The van der Waals surface area contributed by atoms with Gasteiger partial charge in [-0.2, -0.15) is 0 Å². The molecule has 0 amide bonds. The summed E-state index contributed by atoms with van der Waals surface area (Å²) in [5.41, 5.74) is 5.03. The maximum Gasteiger partial charge on any atom is 0.293 e. The highest BCUT2D eigenvalue weighted by molar-refractivity contribution is 5.37. The summed E-state index contributed by atoms with van der Waals surface area (Å²) in [6, 6.07) is 0. The molecule has 0 rings (SSSR count). The van der Waals surface area contributed by atoms with Gasteiger partial charge in [-0.3, -0.25) is 4.79 Å². The summed E-state index contributed by atoms with van der Waals surface area (Å²) in [5.74, 6) is 0. The molecule has 0 aliphatic heterocycles. The molecule has 0 fully saturated rings. The first-order valence-electron chi connectivity index (χ1n) is 4.48. The van der Waals surface area contributed by atoms with Crippen LogP contribution in [0.2, 0.25) is 0 Å². The third-order valence-corrected chi connectivity index (χ3v) is 0.616. The molecule has 0 aliphatic rings. The third kappa shape index (κ3) is 57.0. The molecule has 0 saturated heterocycles. The average Bonchev–Trinajstić information content (AvgIpc) is 2.08. The van der Waals surface area contributed by atoms with Gasteiger partial charge in [-0.1, -0.05) is 20.8 Å². The van der Waals surface area contributed by atoms with Gasteiger partial charge in [-0.15, -0.1) is 0 Å². The van der Waals surface area contributed by atoms with Crippen molar-refractivity contribution >= 4 is 6.47 Å². The van der Waals surface area contributed by atoms with Gasteiger partial charge in [0.05, 0.1) is 6.10 Å². The minimum absolute atomic E-state index is 0.0301. The van der Waals surface area contributed by atoms with E-state index in [-0.39, 0.29) is 6.10 Å². The zero-order valence-electron chi connectivity index (χ0n) is 8.96. The highest BCUT2D eigenvalue weighted by Gasteiger charge is 1.83. The van der Waals surface area contributed by atoms with Crippen LogP contribution in [0.4, 0.5) is 0 Å². The molecular weight excluding hydrogens is 154 g/mol.